The predicted octanol–water partition coefficient (Wildman–Crippen LogP) is 4.91. The van der Waals surface area contributed by atoms with E-state index in [0.29, 0.717) is 5.56 Å². The van der Waals surface area contributed by atoms with E-state index in [9.17, 15) is 19.5 Å². The smallest absolute Gasteiger partial charge is 0.408 e. The molecule has 0 aliphatic heterocycles. The van der Waals surface area contributed by atoms with Crippen molar-refractivity contribution in [3.63, 3.8) is 0 Å². The standard InChI is InChI=1S/C27H45N3O5/c1-11-13-18(4)28-23(32)22(19-14-12-15-20(31)16-19)30(26(5,6)7)24(33)21(17(2)3)29-25(34)35-27(8,9)10/h12,14-18,21-22,31H,11,13H2,1-10H3,(H,28,32)(H,29,34). The third kappa shape index (κ3) is 9.42. The van der Waals surface area contributed by atoms with Crippen LogP contribution in [-0.4, -0.2) is 51.1 Å². The molecule has 1 aromatic carbocycles. The summed E-state index contributed by atoms with van der Waals surface area (Å²) in [7, 11) is 0. The Morgan fingerprint density at radius 2 is 1.63 bits per heavy atom. The molecule has 3 amide bonds. The van der Waals surface area contributed by atoms with Crippen molar-refractivity contribution in [2.45, 2.75) is 111 Å². The SMILES string of the molecule is CCCC(C)NC(=O)C(c1cccc(O)c1)N(C(=O)C(NC(=O)OC(C)(C)C)C(C)C)C(C)(C)C. The van der Waals surface area contributed by atoms with Gasteiger partial charge in [0.2, 0.25) is 11.8 Å². The first-order valence-corrected chi connectivity index (χ1v) is 12.4. The maximum Gasteiger partial charge on any atom is 0.408 e. The lowest BCUT2D eigenvalue weighted by Gasteiger charge is -2.44. The lowest BCUT2D eigenvalue weighted by atomic mass is 9.93. The molecule has 3 N–H and O–H groups in total. The Kier molecular flexibility index (Phi) is 10.6. The normalized spacial score (nSPS) is 14.6. The van der Waals surface area contributed by atoms with E-state index in [1.807, 2.05) is 48.5 Å². The highest BCUT2D eigenvalue weighted by atomic mass is 16.6. The molecule has 0 fully saturated rings. The molecular formula is C27H45N3O5. The zero-order valence-electron chi connectivity index (χ0n) is 23.1. The fourth-order valence-electron chi connectivity index (χ4n) is 3.88. The number of hydrogen-bond acceptors (Lipinski definition) is 5. The first-order chi connectivity index (χ1) is 16.0. The molecule has 198 valence electrons. The molecule has 3 unspecified atom stereocenters. The van der Waals surface area contributed by atoms with Crippen molar-refractivity contribution in [3.05, 3.63) is 29.8 Å². The molecule has 0 aliphatic carbocycles. The van der Waals surface area contributed by atoms with Crippen LogP contribution >= 0.6 is 0 Å². The van der Waals surface area contributed by atoms with Crippen LogP contribution in [0.25, 0.3) is 0 Å². The van der Waals surface area contributed by atoms with Crippen LogP contribution in [0.3, 0.4) is 0 Å². The van der Waals surface area contributed by atoms with Crippen LogP contribution in [0.1, 0.15) is 93.7 Å². The number of hydrogen-bond donors (Lipinski definition) is 3. The largest absolute Gasteiger partial charge is 0.508 e. The van der Waals surface area contributed by atoms with Gasteiger partial charge in [-0.3, -0.25) is 9.59 Å². The number of aromatic hydroxyl groups is 1. The summed E-state index contributed by atoms with van der Waals surface area (Å²) in [4.78, 5) is 41.8. The number of rotatable bonds is 9. The number of phenolic OH excluding ortho intramolecular Hbond substituents is 1. The molecule has 1 aromatic rings. The van der Waals surface area contributed by atoms with E-state index in [1.165, 1.54) is 17.0 Å². The molecule has 0 heterocycles. The van der Waals surface area contributed by atoms with Crippen molar-refractivity contribution in [2.75, 3.05) is 0 Å². The number of amides is 3. The lowest BCUT2D eigenvalue weighted by Crippen LogP contribution is -2.60. The Labute approximate surface area is 210 Å². The average Bonchev–Trinajstić information content (AvgIpc) is 2.67. The molecule has 0 bridgehead atoms. The van der Waals surface area contributed by atoms with Gasteiger partial charge in [0.25, 0.3) is 0 Å². The van der Waals surface area contributed by atoms with Crippen LogP contribution in [0.4, 0.5) is 4.79 Å². The van der Waals surface area contributed by atoms with E-state index in [4.69, 9.17) is 4.74 Å². The van der Waals surface area contributed by atoms with Gasteiger partial charge in [-0.1, -0.05) is 39.3 Å². The molecule has 1 rings (SSSR count). The van der Waals surface area contributed by atoms with Gasteiger partial charge in [-0.15, -0.1) is 0 Å². The van der Waals surface area contributed by atoms with Gasteiger partial charge in [-0.05, 0) is 78.5 Å². The maximum absolute atomic E-state index is 14.1. The van der Waals surface area contributed by atoms with Crippen LogP contribution < -0.4 is 10.6 Å². The Morgan fingerprint density at radius 1 is 1.03 bits per heavy atom. The number of alkyl carbamates (subject to hydrolysis) is 1. The maximum atomic E-state index is 14.1. The summed E-state index contributed by atoms with van der Waals surface area (Å²) >= 11 is 0. The van der Waals surface area contributed by atoms with E-state index in [1.54, 1.807) is 32.9 Å². The number of carbonyl (C=O) groups is 3. The first kappa shape index (κ1) is 30.3. The Morgan fingerprint density at radius 3 is 2.09 bits per heavy atom. The van der Waals surface area contributed by atoms with Gasteiger partial charge in [0, 0.05) is 11.6 Å². The molecule has 35 heavy (non-hydrogen) atoms. The topological polar surface area (TPSA) is 108 Å². The molecule has 3 atom stereocenters. The minimum atomic E-state index is -1.02. The van der Waals surface area contributed by atoms with Gasteiger partial charge in [0.05, 0.1) is 0 Å². The fourth-order valence-corrected chi connectivity index (χ4v) is 3.88. The molecule has 0 aliphatic rings. The zero-order chi connectivity index (χ0) is 27.1. The minimum Gasteiger partial charge on any atom is -0.508 e. The van der Waals surface area contributed by atoms with Crippen LogP contribution in [0.15, 0.2) is 24.3 Å². The highest BCUT2D eigenvalue weighted by molar-refractivity contribution is 5.93. The monoisotopic (exact) mass is 491 g/mol. The van der Waals surface area contributed by atoms with E-state index in [-0.39, 0.29) is 23.6 Å². The Hall–Kier alpha value is -2.77. The van der Waals surface area contributed by atoms with Crippen molar-refractivity contribution < 1.29 is 24.2 Å². The Balaban J connectivity index is 3.54. The number of benzene rings is 1. The van der Waals surface area contributed by atoms with Crippen molar-refractivity contribution in [1.82, 2.24) is 15.5 Å². The van der Waals surface area contributed by atoms with Crippen LogP contribution in [0.2, 0.25) is 0 Å². The van der Waals surface area contributed by atoms with Crippen LogP contribution in [-0.2, 0) is 14.3 Å². The summed E-state index contributed by atoms with van der Waals surface area (Å²) in [6.45, 7) is 18.4. The molecule has 8 heteroatoms. The van der Waals surface area contributed by atoms with E-state index >= 15 is 0 Å². The van der Waals surface area contributed by atoms with Crippen molar-refractivity contribution >= 4 is 17.9 Å². The summed E-state index contributed by atoms with van der Waals surface area (Å²) in [5, 5.41) is 15.9. The highest BCUT2D eigenvalue weighted by Gasteiger charge is 2.43. The van der Waals surface area contributed by atoms with Gasteiger partial charge >= 0.3 is 6.09 Å². The minimum absolute atomic E-state index is 0.00416. The molecule has 0 saturated carbocycles. The summed E-state index contributed by atoms with van der Waals surface area (Å²) in [5.74, 6) is -1.04. The van der Waals surface area contributed by atoms with Crippen LogP contribution in [0, 0.1) is 5.92 Å². The highest BCUT2D eigenvalue weighted by Crippen LogP contribution is 2.32. The second-order valence-electron chi connectivity index (χ2n) is 11.4. The quantitative estimate of drug-likeness (QED) is 0.455. The van der Waals surface area contributed by atoms with Crippen molar-refractivity contribution in [2.24, 2.45) is 5.92 Å². The molecule has 0 radical (unpaired) electrons. The molecule has 0 aromatic heterocycles. The number of nitrogens with zero attached hydrogens (tertiary/aromatic N) is 1. The lowest BCUT2D eigenvalue weighted by molar-refractivity contribution is -0.149. The zero-order valence-corrected chi connectivity index (χ0v) is 23.1. The fraction of sp³-hybridized carbons (Fsp3) is 0.667. The molecule has 8 nitrogen and oxygen atoms in total. The second-order valence-corrected chi connectivity index (χ2v) is 11.4. The van der Waals surface area contributed by atoms with Gasteiger partial charge in [0.15, 0.2) is 0 Å². The Bertz CT molecular complexity index is 870. The molecule has 0 spiro atoms. The number of ether oxygens (including phenoxy) is 1. The predicted molar refractivity (Wildman–Crippen MR) is 138 cm³/mol. The molecular weight excluding hydrogens is 446 g/mol. The van der Waals surface area contributed by atoms with Crippen LogP contribution in [0.5, 0.6) is 5.75 Å². The van der Waals surface area contributed by atoms with Gasteiger partial charge < -0.3 is 25.4 Å². The number of phenols is 1. The van der Waals surface area contributed by atoms with Crippen molar-refractivity contribution in [1.29, 1.82) is 0 Å². The van der Waals surface area contributed by atoms with E-state index in [0.717, 1.165) is 12.8 Å². The number of carbonyl (C=O) groups excluding carboxylic acids is 3. The first-order valence-electron chi connectivity index (χ1n) is 12.4. The van der Waals surface area contributed by atoms with Gasteiger partial charge in [0.1, 0.15) is 23.4 Å². The summed E-state index contributed by atoms with van der Waals surface area (Å²) in [6, 6.07) is 4.33. The van der Waals surface area contributed by atoms with Crippen molar-refractivity contribution in [3.8, 4) is 5.75 Å². The van der Waals surface area contributed by atoms with E-state index in [2.05, 4.69) is 10.6 Å². The summed E-state index contributed by atoms with van der Waals surface area (Å²) in [5.41, 5.74) is -1.03. The summed E-state index contributed by atoms with van der Waals surface area (Å²) < 4.78 is 5.39. The summed E-state index contributed by atoms with van der Waals surface area (Å²) in [6.07, 6.45) is 0.986. The average molecular weight is 492 g/mol. The second kappa shape index (κ2) is 12.3. The molecule has 0 saturated heterocycles. The third-order valence-electron chi connectivity index (χ3n) is 5.37. The van der Waals surface area contributed by atoms with Gasteiger partial charge in [-0.2, -0.15) is 0 Å². The van der Waals surface area contributed by atoms with E-state index < -0.39 is 35.2 Å². The van der Waals surface area contributed by atoms with Gasteiger partial charge in [-0.25, -0.2) is 4.79 Å². The number of nitrogens with one attached hydrogen (secondary N) is 2. The third-order valence-corrected chi connectivity index (χ3v) is 5.37.